The highest BCUT2D eigenvalue weighted by Gasteiger charge is 2.51. The molecule has 7 heteroatoms. The number of imide groups is 1. The van der Waals surface area contributed by atoms with Crippen LogP contribution in [0.2, 0.25) is 0 Å². The minimum atomic E-state index is -0.749. The van der Waals surface area contributed by atoms with Crippen LogP contribution in [0.3, 0.4) is 0 Å². The summed E-state index contributed by atoms with van der Waals surface area (Å²) in [6, 6.07) is 2.77. The zero-order valence-corrected chi connectivity index (χ0v) is 14.5. The van der Waals surface area contributed by atoms with Crippen molar-refractivity contribution in [3.63, 3.8) is 0 Å². The Morgan fingerprint density at radius 3 is 2.54 bits per heavy atom. The number of likely N-dealkylation sites (tertiary alicyclic amines) is 1. The van der Waals surface area contributed by atoms with Crippen LogP contribution in [0.15, 0.2) is 22.8 Å². The number of hydrogen-bond acceptors (Lipinski definition) is 5. The number of carbonyl (C=O) groups excluding carboxylic acids is 3. The lowest BCUT2D eigenvalue weighted by Crippen LogP contribution is -2.51. The van der Waals surface area contributed by atoms with E-state index in [0.29, 0.717) is 11.5 Å². The average Bonchev–Trinajstić information content (AvgIpc) is 3.19. The van der Waals surface area contributed by atoms with Gasteiger partial charge in [-0.15, -0.1) is 0 Å². The van der Waals surface area contributed by atoms with Crippen LogP contribution in [-0.4, -0.2) is 40.7 Å². The summed E-state index contributed by atoms with van der Waals surface area (Å²) in [6.45, 7) is 0.250. The van der Waals surface area contributed by atoms with E-state index in [9.17, 15) is 14.4 Å². The molecule has 130 valence electrons. The van der Waals surface area contributed by atoms with Gasteiger partial charge in [-0.05, 0) is 31.2 Å². The first-order chi connectivity index (χ1) is 11.6. The van der Waals surface area contributed by atoms with E-state index in [1.807, 2.05) is 6.26 Å². The molecule has 0 bridgehead atoms. The van der Waals surface area contributed by atoms with Gasteiger partial charge in [0, 0.05) is 5.75 Å². The Balaban J connectivity index is 1.73. The number of hydrogen-bond donors (Lipinski definition) is 1. The zero-order valence-electron chi connectivity index (χ0n) is 13.7. The van der Waals surface area contributed by atoms with E-state index in [0.717, 1.165) is 25.7 Å². The molecule has 1 aliphatic carbocycles. The molecule has 1 aromatic rings. The fourth-order valence-corrected chi connectivity index (χ4v) is 4.24. The van der Waals surface area contributed by atoms with E-state index in [1.54, 1.807) is 18.4 Å². The summed E-state index contributed by atoms with van der Waals surface area (Å²) in [4.78, 5) is 39.2. The number of fused-ring (bicyclic) bond motifs is 1. The van der Waals surface area contributed by atoms with Gasteiger partial charge in [-0.25, -0.2) is 0 Å². The maximum Gasteiger partial charge on any atom is 0.244 e. The Kier molecular flexibility index (Phi) is 5.28. The van der Waals surface area contributed by atoms with Crippen LogP contribution in [0.4, 0.5) is 0 Å². The first-order valence-corrected chi connectivity index (χ1v) is 9.68. The predicted octanol–water partition coefficient (Wildman–Crippen LogP) is 1.80. The maximum atomic E-state index is 12.7. The fourth-order valence-electron chi connectivity index (χ4n) is 3.63. The van der Waals surface area contributed by atoms with Gasteiger partial charge in [0.2, 0.25) is 17.7 Å². The molecule has 24 heavy (non-hydrogen) atoms. The van der Waals surface area contributed by atoms with Crippen molar-refractivity contribution in [2.45, 2.75) is 38.3 Å². The van der Waals surface area contributed by atoms with E-state index in [4.69, 9.17) is 4.42 Å². The number of amides is 3. The van der Waals surface area contributed by atoms with Gasteiger partial charge in [0.15, 0.2) is 0 Å². The van der Waals surface area contributed by atoms with E-state index >= 15 is 0 Å². The molecule has 0 unspecified atom stereocenters. The average molecular weight is 350 g/mol. The summed E-state index contributed by atoms with van der Waals surface area (Å²) < 4.78 is 5.20. The van der Waals surface area contributed by atoms with Gasteiger partial charge in [0.1, 0.15) is 11.8 Å². The summed E-state index contributed by atoms with van der Waals surface area (Å²) in [7, 11) is 0. The molecule has 1 saturated heterocycles. The lowest BCUT2D eigenvalue weighted by atomic mass is 9.81. The maximum absolute atomic E-state index is 12.7. The molecule has 6 nitrogen and oxygen atoms in total. The van der Waals surface area contributed by atoms with E-state index in [-0.39, 0.29) is 36.1 Å². The SMILES string of the molecule is CSC[C@@H](C(=O)NCc1ccco1)N1C(=O)[C@H]2CCCC[C@@H]2C1=O. The van der Waals surface area contributed by atoms with Crippen LogP contribution in [0, 0.1) is 11.8 Å². The molecule has 3 atom stereocenters. The molecule has 1 saturated carbocycles. The molecule has 0 spiro atoms. The molecule has 1 aliphatic heterocycles. The molecule has 2 aliphatic rings. The second-order valence-corrected chi connectivity index (χ2v) is 7.22. The lowest BCUT2D eigenvalue weighted by Gasteiger charge is -2.25. The van der Waals surface area contributed by atoms with Gasteiger partial charge in [-0.3, -0.25) is 19.3 Å². The van der Waals surface area contributed by atoms with Crippen LogP contribution in [0.5, 0.6) is 0 Å². The molecule has 1 N–H and O–H groups in total. The number of nitrogens with one attached hydrogen (secondary N) is 1. The largest absolute Gasteiger partial charge is 0.467 e. The molecular weight excluding hydrogens is 328 g/mol. The molecule has 2 fully saturated rings. The third kappa shape index (κ3) is 3.22. The summed E-state index contributed by atoms with van der Waals surface area (Å²) in [5.74, 6) is -0.0585. The highest BCUT2D eigenvalue weighted by molar-refractivity contribution is 7.98. The van der Waals surface area contributed by atoms with Gasteiger partial charge in [0.05, 0.1) is 24.6 Å². The second-order valence-electron chi connectivity index (χ2n) is 6.31. The fraction of sp³-hybridized carbons (Fsp3) is 0.588. The van der Waals surface area contributed by atoms with Crippen molar-refractivity contribution >= 4 is 29.5 Å². The topological polar surface area (TPSA) is 79.6 Å². The van der Waals surface area contributed by atoms with E-state index in [1.165, 1.54) is 16.7 Å². The standard InChI is InChI=1S/C17H22N2O4S/c1-24-10-14(15(20)18-9-11-5-4-8-23-11)19-16(21)12-6-2-3-7-13(12)17(19)22/h4-5,8,12-14H,2-3,6-7,9-10H2,1H3,(H,18,20)/t12-,13-,14-/m0/s1. The number of nitrogens with zero attached hydrogens (tertiary/aromatic N) is 1. The molecule has 0 radical (unpaired) electrons. The Labute approximate surface area is 145 Å². The number of rotatable bonds is 6. The first-order valence-electron chi connectivity index (χ1n) is 8.29. The third-order valence-electron chi connectivity index (χ3n) is 4.83. The van der Waals surface area contributed by atoms with Crippen LogP contribution < -0.4 is 5.32 Å². The first kappa shape index (κ1) is 17.1. The lowest BCUT2D eigenvalue weighted by molar-refractivity contribution is -0.147. The Hall–Kier alpha value is -1.76. The van der Waals surface area contributed by atoms with Gasteiger partial charge in [-0.1, -0.05) is 12.8 Å². The monoisotopic (exact) mass is 350 g/mol. The van der Waals surface area contributed by atoms with Crippen molar-refractivity contribution in [3.05, 3.63) is 24.2 Å². The smallest absolute Gasteiger partial charge is 0.244 e. The third-order valence-corrected chi connectivity index (χ3v) is 5.48. The van der Waals surface area contributed by atoms with Gasteiger partial charge < -0.3 is 9.73 Å². The van der Waals surface area contributed by atoms with Gasteiger partial charge >= 0.3 is 0 Å². The van der Waals surface area contributed by atoms with Crippen molar-refractivity contribution in [3.8, 4) is 0 Å². The Morgan fingerprint density at radius 1 is 1.33 bits per heavy atom. The summed E-state index contributed by atoms with van der Waals surface area (Å²) >= 11 is 1.46. The van der Waals surface area contributed by atoms with Gasteiger partial charge in [-0.2, -0.15) is 11.8 Å². The number of thioether (sulfide) groups is 1. The van der Waals surface area contributed by atoms with Gasteiger partial charge in [0.25, 0.3) is 0 Å². The highest BCUT2D eigenvalue weighted by atomic mass is 32.2. The number of furan rings is 1. The number of carbonyl (C=O) groups is 3. The quantitative estimate of drug-likeness (QED) is 0.792. The molecule has 2 heterocycles. The normalized spacial score (nSPS) is 24.8. The highest BCUT2D eigenvalue weighted by Crippen LogP contribution is 2.39. The van der Waals surface area contributed by atoms with E-state index < -0.39 is 6.04 Å². The summed E-state index contributed by atoms with van der Waals surface area (Å²) in [5, 5.41) is 2.78. The van der Waals surface area contributed by atoms with Crippen LogP contribution in [-0.2, 0) is 20.9 Å². The summed E-state index contributed by atoms with van der Waals surface area (Å²) in [6.07, 6.45) is 6.87. The predicted molar refractivity (Wildman–Crippen MR) is 90.0 cm³/mol. The Morgan fingerprint density at radius 2 is 2.00 bits per heavy atom. The zero-order chi connectivity index (χ0) is 17.1. The molecular formula is C17H22N2O4S. The molecule has 3 rings (SSSR count). The molecule has 0 aromatic carbocycles. The van der Waals surface area contributed by atoms with Crippen molar-refractivity contribution in [2.75, 3.05) is 12.0 Å². The van der Waals surface area contributed by atoms with Crippen molar-refractivity contribution < 1.29 is 18.8 Å². The van der Waals surface area contributed by atoms with Crippen molar-refractivity contribution in [1.82, 2.24) is 10.2 Å². The van der Waals surface area contributed by atoms with E-state index in [2.05, 4.69) is 5.32 Å². The Bertz CT molecular complexity index is 592. The summed E-state index contributed by atoms with van der Waals surface area (Å²) in [5.41, 5.74) is 0. The minimum Gasteiger partial charge on any atom is -0.467 e. The van der Waals surface area contributed by atoms with Crippen LogP contribution >= 0.6 is 11.8 Å². The second kappa shape index (κ2) is 7.42. The van der Waals surface area contributed by atoms with Crippen LogP contribution in [0.1, 0.15) is 31.4 Å². The van der Waals surface area contributed by atoms with Crippen LogP contribution in [0.25, 0.3) is 0 Å². The van der Waals surface area contributed by atoms with Crippen molar-refractivity contribution in [2.24, 2.45) is 11.8 Å². The van der Waals surface area contributed by atoms with Crippen molar-refractivity contribution in [1.29, 1.82) is 0 Å². The molecule has 3 amide bonds. The molecule has 1 aromatic heterocycles. The minimum absolute atomic E-state index is 0.170.